The lowest BCUT2D eigenvalue weighted by molar-refractivity contribution is 0.0339. The molecule has 2 aromatic rings. The molecule has 0 aliphatic carbocycles. The number of nitrogens with zero attached hydrogens (tertiary/aromatic N) is 3. The summed E-state index contributed by atoms with van der Waals surface area (Å²) >= 11 is 0. The molecular weight excluding hydrogens is 316 g/mol. The molecule has 1 aromatic carbocycles. The Balaban J connectivity index is 1.75. The van der Waals surface area contributed by atoms with Crippen molar-refractivity contribution in [2.24, 2.45) is 5.10 Å². The minimum absolute atomic E-state index is 0.726. The smallest absolute Gasteiger partial charge is 0.146 e. The van der Waals surface area contributed by atoms with Gasteiger partial charge in [0, 0.05) is 31.4 Å². The van der Waals surface area contributed by atoms with E-state index in [4.69, 9.17) is 9.47 Å². The van der Waals surface area contributed by atoms with Crippen LogP contribution in [0.15, 0.2) is 47.7 Å². The van der Waals surface area contributed by atoms with Crippen molar-refractivity contribution in [3.8, 4) is 5.75 Å². The summed E-state index contributed by atoms with van der Waals surface area (Å²) < 4.78 is 11.0. The molecule has 1 aromatic heterocycles. The van der Waals surface area contributed by atoms with Gasteiger partial charge in [-0.1, -0.05) is 6.07 Å². The van der Waals surface area contributed by atoms with E-state index in [-0.39, 0.29) is 0 Å². The van der Waals surface area contributed by atoms with Gasteiger partial charge in [0.2, 0.25) is 0 Å². The number of anilines is 1. The van der Waals surface area contributed by atoms with Crippen molar-refractivity contribution in [1.82, 2.24) is 9.88 Å². The number of aromatic nitrogens is 1. The Morgan fingerprint density at radius 1 is 1.28 bits per heavy atom. The number of hydrogen-bond acceptors (Lipinski definition) is 6. The molecule has 1 fully saturated rings. The molecule has 3 rings (SSSR count). The van der Waals surface area contributed by atoms with E-state index in [2.05, 4.69) is 26.5 Å². The van der Waals surface area contributed by atoms with Crippen LogP contribution >= 0.6 is 0 Å². The molecular formula is C19H24N4O2. The van der Waals surface area contributed by atoms with E-state index in [1.807, 2.05) is 37.3 Å². The first-order valence-electron chi connectivity index (χ1n) is 8.45. The summed E-state index contributed by atoms with van der Waals surface area (Å²) in [5.41, 5.74) is 6.11. The standard InChI is InChI=1S/C19H24N4O2/c1-15(21-22-19-5-3-4-8-20-19)16-6-7-18(24-2)17(13-16)14-23-9-11-25-12-10-23/h3-8,13H,9-12,14H2,1-2H3,(H,20,22)/b21-15-. The highest BCUT2D eigenvalue weighted by Crippen LogP contribution is 2.22. The maximum absolute atomic E-state index is 5.53. The van der Waals surface area contributed by atoms with Crippen LogP contribution in [0, 0.1) is 0 Å². The molecule has 0 radical (unpaired) electrons. The third-order valence-electron chi connectivity index (χ3n) is 4.20. The summed E-state index contributed by atoms with van der Waals surface area (Å²) in [5.74, 6) is 1.63. The van der Waals surface area contributed by atoms with E-state index in [0.29, 0.717) is 0 Å². The van der Waals surface area contributed by atoms with Gasteiger partial charge >= 0.3 is 0 Å². The van der Waals surface area contributed by atoms with Gasteiger partial charge in [-0.15, -0.1) is 0 Å². The van der Waals surface area contributed by atoms with E-state index < -0.39 is 0 Å². The molecule has 6 nitrogen and oxygen atoms in total. The van der Waals surface area contributed by atoms with Crippen LogP contribution in [0.4, 0.5) is 5.82 Å². The molecule has 1 N–H and O–H groups in total. The van der Waals surface area contributed by atoms with Crippen molar-refractivity contribution in [1.29, 1.82) is 0 Å². The lowest BCUT2D eigenvalue weighted by Gasteiger charge is -2.27. The summed E-state index contributed by atoms with van der Waals surface area (Å²) in [6.07, 6.45) is 1.74. The Labute approximate surface area is 148 Å². The van der Waals surface area contributed by atoms with Crippen LogP contribution in [0.3, 0.4) is 0 Å². The van der Waals surface area contributed by atoms with Crippen molar-refractivity contribution in [2.45, 2.75) is 13.5 Å². The second-order valence-corrected chi connectivity index (χ2v) is 5.94. The predicted octanol–water partition coefficient (Wildman–Crippen LogP) is 2.76. The van der Waals surface area contributed by atoms with E-state index in [1.54, 1.807) is 13.3 Å². The maximum atomic E-state index is 5.53. The fourth-order valence-electron chi connectivity index (χ4n) is 2.76. The fraction of sp³-hybridized carbons (Fsp3) is 0.368. The molecule has 6 heteroatoms. The zero-order chi connectivity index (χ0) is 17.5. The largest absolute Gasteiger partial charge is 0.496 e. The molecule has 0 bridgehead atoms. The summed E-state index contributed by atoms with van der Waals surface area (Å²) in [4.78, 5) is 6.59. The average Bonchev–Trinajstić information content (AvgIpc) is 2.67. The summed E-state index contributed by atoms with van der Waals surface area (Å²) in [6, 6.07) is 11.9. The molecule has 2 heterocycles. The first-order chi connectivity index (χ1) is 12.3. The van der Waals surface area contributed by atoms with Gasteiger partial charge in [0.25, 0.3) is 0 Å². The van der Waals surface area contributed by atoms with Crippen molar-refractivity contribution in [3.63, 3.8) is 0 Å². The number of nitrogens with one attached hydrogen (secondary N) is 1. The molecule has 0 saturated carbocycles. The molecule has 25 heavy (non-hydrogen) atoms. The minimum atomic E-state index is 0.726. The minimum Gasteiger partial charge on any atom is -0.496 e. The molecule has 1 aliphatic heterocycles. The Hall–Kier alpha value is -2.44. The number of benzene rings is 1. The van der Waals surface area contributed by atoms with E-state index in [1.165, 1.54) is 0 Å². The van der Waals surface area contributed by atoms with Crippen LogP contribution in [0.25, 0.3) is 0 Å². The molecule has 1 saturated heterocycles. The highest BCUT2D eigenvalue weighted by atomic mass is 16.5. The summed E-state index contributed by atoms with van der Waals surface area (Å²) in [6.45, 7) is 6.30. The van der Waals surface area contributed by atoms with E-state index in [9.17, 15) is 0 Å². The van der Waals surface area contributed by atoms with Crippen molar-refractivity contribution >= 4 is 11.5 Å². The van der Waals surface area contributed by atoms with Gasteiger partial charge in [-0.3, -0.25) is 10.3 Å². The van der Waals surface area contributed by atoms with Gasteiger partial charge in [-0.25, -0.2) is 4.98 Å². The Bertz CT molecular complexity index is 713. The highest BCUT2D eigenvalue weighted by molar-refractivity contribution is 5.99. The van der Waals surface area contributed by atoms with Gasteiger partial charge in [-0.2, -0.15) is 5.10 Å². The second kappa shape index (κ2) is 8.60. The Kier molecular flexibility index (Phi) is 5.98. The molecule has 0 atom stereocenters. The third-order valence-corrected chi connectivity index (χ3v) is 4.20. The van der Waals surface area contributed by atoms with Gasteiger partial charge < -0.3 is 9.47 Å². The van der Waals surface area contributed by atoms with Gasteiger partial charge in [0.1, 0.15) is 11.6 Å². The topological polar surface area (TPSA) is 59.0 Å². The average molecular weight is 340 g/mol. The first kappa shape index (κ1) is 17.4. The summed E-state index contributed by atoms with van der Waals surface area (Å²) in [7, 11) is 1.71. The number of methoxy groups -OCH3 is 1. The van der Waals surface area contributed by atoms with Crippen LogP contribution < -0.4 is 10.2 Å². The summed E-state index contributed by atoms with van der Waals surface area (Å²) in [5, 5.41) is 4.44. The van der Waals surface area contributed by atoms with Crippen LogP contribution in [-0.4, -0.2) is 49.0 Å². The van der Waals surface area contributed by atoms with Crippen molar-refractivity contribution in [3.05, 3.63) is 53.7 Å². The predicted molar refractivity (Wildman–Crippen MR) is 99.2 cm³/mol. The van der Waals surface area contributed by atoms with Gasteiger partial charge in [0.15, 0.2) is 0 Å². The van der Waals surface area contributed by atoms with Crippen LogP contribution in [0.1, 0.15) is 18.1 Å². The van der Waals surface area contributed by atoms with Crippen molar-refractivity contribution < 1.29 is 9.47 Å². The maximum Gasteiger partial charge on any atom is 0.146 e. The molecule has 0 spiro atoms. The normalized spacial score (nSPS) is 15.8. The number of ether oxygens (including phenoxy) is 2. The Morgan fingerprint density at radius 3 is 2.84 bits per heavy atom. The number of rotatable bonds is 6. The van der Waals surface area contributed by atoms with Crippen molar-refractivity contribution in [2.75, 3.05) is 38.8 Å². The van der Waals surface area contributed by atoms with Crippen LogP contribution in [-0.2, 0) is 11.3 Å². The number of morpholine rings is 1. The van der Waals surface area contributed by atoms with Gasteiger partial charge in [-0.05, 0) is 42.8 Å². The lowest BCUT2D eigenvalue weighted by Crippen LogP contribution is -2.35. The highest BCUT2D eigenvalue weighted by Gasteiger charge is 2.14. The van der Waals surface area contributed by atoms with Gasteiger partial charge in [0.05, 0.1) is 26.0 Å². The zero-order valence-corrected chi connectivity index (χ0v) is 14.7. The molecule has 0 unspecified atom stereocenters. The molecule has 0 amide bonds. The fourth-order valence-corrected chi connectivity index (χ4v) is 2.76. The first-order valence-corrected chi connectivity index (χ1v) is 8.45. The monoisotopic (exact) mass is 340 g/mol. The Morgan fingerprint density at radius 2 is 2.12 bits per heavy atom. The quantitative estimate of drug-likeness (QED) is 0.647. The van der Waals surface area contributed by atoms with E-state index >= 15 is 0 Å². The SMILES string of the molecule is COc1ccc(/C(C)=N\Nc2ccccn2)cc1CN1CCOCC1. The van der Waals surface area contributed by atoms with Crippen LogP contribution in [0.5, 0.6) is 5.75 Å². The molecule has 132 valence electrons. The molecule has 1 aliphatic rings. The number of pyridine rings is 1. The second-order valence-electron chi connectivity index (χ2n) is 5.94. The lowest BCUT2D eigenvalue weighted by atomic mass is 10.1. The number of hydrazone groups is 1. The van der Waals surface area contributed by atoms with Crippen LogP contribution in [0.2, 0.25) is 0 Å². The zero-order valence-electron chi connectivity index (χ0n) is 14.7. The van der Waals surface area contributed by atoms with E-state index in [0.717, 1.165) is 61.3 Å². The number of hydrogen-bond donors (Lipinski definition) is 1. The third kappa shape index (κ3) is 4.78.